The third-order valence-corrected chi connectivity index (χ3v) is 3.17. The van der Waals surface area contributed by atoms with Gasteiger partial charge in [0.15, 0.2) is 0 Å². The highest BCUT2D eigenvalue weighted by Gasteiger charge is 2.32. The topological polar surface area (TPSA) is 79.3 Å². The number of amides is 1. The van der Waals surface area contributed by atoms with Gasteiger partial charge in [-0.25, -0.2) is 4.79 Å². The molecule has 0 saturated heterocycles. The van der Waals surface area contributed by atoms with Crippen LogP contribution in [0, 0.1) is 0 Å². The highest BCUT2D eigenvalue weighted by atomic mass is 32.2. The summed E-state index contributed by atoms with van der Waals surface area (Å²) in [6, 6.07) is 0.540. The molecule has 2 N–H and O–H groups in total. The molecule has 116 valence electrons. The minimum absolute atomic E-state index is 0.126. The van der Waals surface area contributed by atoms with E-state index in [1.807, 2.05) is 0 Å². The average Bonchev–Trinajstić information content (AvgIpc) is 2.42. The Kier molecular flexibility index (Phi) is 6.01. The molecular weight excluding hydrogens is 309 g/mol. The van der Waals surface area contributed by atoms with Crippen LogP contribution in [0.1, 0.15) is 22.5 Å². The van der Waals surface area contributed by atoms with Crippen molar-refractivity contribution in [3.63, 3.8) is 0 Å². The Morgan fingerprint density at radius 1 is 1.43 bits per heavy atom. The predicted molar refractivity (Wildman–Crippen MR) is 71.1 cm³/mol. The van der Waals surface area contributed by atoms with E-state index in [1.54, 1.807) is 6.26 Å². The lowest BCUT2D eigenvalue weighted by Crippen LogP contribution is -2.41. The monoisotopic (exact) mass is 322 g/mol. The van der Waals surface area contributed by atoms with Crippen molar-refractivity contribution in [3.05, 3.63) is 29.6 Å². The Balaban J connectivity index is 2.76. The summed E-state index contributed by atoms with van der Waals surface area (Å²) in [5.41, 5.74) is -1.24. The van der Waals surface area contributed by atoms with Gasteiger partial charge >= 0.3 is 12.1 Å². The molecule has 1 unspecified atom stereocenters. The number of carbonyl (C=O) groups is 2. The van der Waals surface area contributed by atoms with Crippen molar-refractivity contribution in [2.45, 2.75) is 18.6 Å². The van der Waals surface area contributed by atoms with Gasteiger partial charge in [-0.2, -0.15) is 24.9 Å². The smallest absolute Gasteiger partial charge is 0.433 e. The van der Waals surface area contributed by atoms with E-state index in [-0.39, 0.29) is 12.0 Å². The van der Waals surface area contributed by atoms with E-state index in [2.05, 4.69) is 10.3 Å². The van der Waals surface area contributed by atoms with E-state index in [9.17, 15) is 22.8 Å². The Morgan fingerprint density at radius 2 is 2.10 bits per heavy atom. The highest BCUT2D eigenvalue weighted by molar-refractivity contribution is 7.98. The SMILES string of the molecule is CSCCC(NC(=O)c1ccc(C(F)(F)F)nc1)C(=O)O. The van der Waals surface area contributed by atoms with Crippen LogP contribution in [0.3, 0.4) is 0 Å². The van der Waals surface area contributed by atoms with E-state index in [4.69, 9.17) is 5.11 Å². The molecule has 1 rings (SSSR count). The second kappa shape index (κ2) is 7.30. The van der Waals surface area contributed by atoms with Crippen molar-refractivity contribution in [1.82, 2.24) is 10.3 Å². The number of carboxylic acids is 1. The van der Waals surface area contributed by atoms with Crippen molar-refractivity contribution in [2.75, 3.05) is 12.0 Å². The summed E-state index contributed by atoms with van der Waals surface area (Å²) in [6.45, 7) is 0. The molecule has 0 aliphatic rings. The first-order valence-corrected chi connectivity index (χ1v) is 7.21. The first-order chi connectivity index (χ1) is 9.75. The fraction of sp³-hybridized carbons (Fsp3) is 0.417. The lowest BCUT2D eigenvalue weighted by molar-refractivity contribution is -0.141. The predicted octanol–water partition coefficient (Wildman–Crippen LogP) is 2.04. The number of hydrogen-bond donors (Lipinski definition) is 2. The van der Waals surface area contributed by atoms with Gasteiger partial charge in [-0.15, -0.1) is 0 Å². The van der Waals surface area contributed by atoms with Gasteiger partial charge in [-0.1, -0.05) is 0 Å². The largest absolute Gasteiger partial charge is 0.480 e. The fourth-order valence-electron chi connectivity index (χ4n) is 1.43. The van der Waals surface area contributed by atoms with Crippen molar-refractivity contribution in [1.29, 1.82) is 0 Å². The molecule has 0 bridgehead atoms. The lowest BCUT2D eigenvalue weighted by atomic mass is 10.2. The number of nitrogens with zero attached hydrogens (tertiary/aromatic N) is 1. The summed E-state index contributed by atoms with van der Waals surface area (Å²) in [5, 5.41) is 11.2. The molecule has 0 saturated carbocycles. The zero-order chi connectivity index (χ0) is 16.0. The summed E-state index contributed by atoms with van der Waals surface area (Å²) in [4.78, 5) is 25.9. The Morgan fingerprint density at radius 3 is 2.52 bits per heavy atom. The Labute approximate surface area is 122 Å². The Bertz CT molecular complexity index is 505. The van der Waals surface area contributed by atoms with E-state index >= 15 is 0 Å². The second-order valence-electron chi connectivity index (χ2n) is 4.08. The van der Waals surface area contributed by atoms with Gasteiger partial charge in [-0.3, -0.25) is 9.78 Å². The number of aliphatic carboxylic acids is 1. The van der Waals surface area contributed by atoms with Crippen LogP contribution < -0.4 is 5.32 Å². The molecule has 1 heterocycles. The number of pyridine rings is 1. The molecule has 1 atom stereocenters. The third kappa shape index (κ3) is 5.25. The van der Waals surface area contributed by atoms with Crippen LogP contribution in [-0.2, 0) is 11.0 Å². The molecule has 0 fully saturated rings. The van der Waals surface area contributed by atoms with Crippen molar-refractivity contribution < 1.29 is 27.9 Å². The summed E-state index contributed by atoms with van der Waals surface area (Å²) in [7, 11) is 0. The summed E-state index contributed by atoms with van der Waals surface area (Å²) in [6.07, 6.45) is -1.81. The van der Waals surface area contributed by atoms with Crippen molar-refractivity contribution in [2.24, 2.45) is 0 Å². The molecule has 0 aliphatic heterocycles. The molecule has 0 radical (unpaired) electrons. The molecule has 0 aliphatic carbocycles. The number of aromatic nitrogens is 1. The number of nitrogens with one attached hydrogen (secondary N) is 1. The van der Waals surface area contributed by atoms with E-state index in [0.29, 0.717) is 11.8 Å². The van der Waals surface area contributed by atoms with E-state index < -0.39 is 29.8 Å². The standard InChI is InChI=1S/C12H13F3N2O3S/c1-21-5-4-8(11(19)20)17-10(18)7-2-3-9(16-6-7)12(13,14)15/h2-3,6,8H,4-5H2,1H3,(H,17,18)(H,19,20). The van der Waals surface area contributed by atoms with Crippen LogP contribution in [0.2, 0.25) is 0 Å². The van der Waals surface area contributed by atoms with Gasteiger partial charge in [0.2, 0.25) is 0 Å². The number of hydrogen-bond acceptors (Lipinski definition) is 4. The zero-order valence-electron chi connectivity index (χ0n) is 11.0. The summed E-state index contributed by atoms with van der Waals surface area (Å²) < 4.78 is 37.0. The van der Waals surface area contributed by atoms with Gasteiger partial charge in [-0.05, 0) is 30.6 Å². The van der Waals surface area contributed by atoms with E-state index in [0.717, 1.165) is 12.3 Å². The minimum Gasteiger partial charge on any atom is -0.480 e. The molecule has 0 spiro atoms. The Hall–Kier alpha value is -1.77. The first-order valence-electron chi connectivity index (χ1n) is 5.81. The molecule has 21 heavy (non-hydrogen) atoms. The molecule has 1 aromatic rings. The normalized spacial score (nSPS) is 12.8. The van der Waals surface area contributed by atoms with Gasteiger partial charge < -0.3 is 10.4 Å². The number of carboxylic acid groups (broad SMARTS) is 1. The van der Waals surface area contributed by atoms with E-state index in [1.165, 1.54) is 11.8 Å². The zero-order valence-corrected chi connectivity index (χ0v) is 11.8. The maximum Gasteiger partial charge on any atom is 0.433 e. The lowest BCUT2D eigenvalue weighted by Gasteiger charge is -2.14. The summed E-state index contributed by atoms with van der Waals surface area (Å²) in [5.74, 6) is -1.44. The average molecular weight is 322 g/mol. The fourth-order valence-corrected chi connectivity index (χ4v) is 1.90. The van der Waals surface area contributed by atoms with Gasteiger partial charge in [0.05, 0.1) is 5.56 Å². The van der Waals surface area contributed by atoms with Crippen molar-refractivity contribution in [3.8, 4) is 0 Å². The van der Waals surface area contributed by atoms with Crippen molar-refractivity contribution >= 4 is 23.6 Å². The second-order valence-corrected chi connectivity index (χ2v) is 5.06. The van der Waals surface area contributed by atoms with Crippen LogP contribution in [0.5, 0.6) is 0 Å². The van der Waals surface area contributed by atoms with Gasteiger partial charge in [0.1, 0.15) is 11.7 Å². The van der Waals surface area contributed by atoms with Crippen LogP contribution in [0.4, 0.5) is 13.2 Å². The molecule has 1 amide bonds. The van der Waals surface area contributed by atoms with Crippen LogP contribution in [0.15, 0.2) is 18.3 Å². The van der Waals surface area contributed by atoms with Crippen LogP contribution in [-0.4, -0.2) is 40.0 Å². The minimum atomic E-state index is -4.59. The highest BCUT2D eigenvalue weighted by Crippen LogP contribution is 2.27. The number of thioether (sulfide) groups is 1. The maximum absolute atomic E-state index is 12.3. The van der Waals surface area contributed by atoms with Crippen LogP contribution in [0.25, 0.3) is 0 Å². The van der Waals surface area contributed by atoms with Gasteiger partial charge in [0.25, 0.3) is 5.91 Å². The van der Waals surface area contributed by atoms with Crippen LogP contribution >= 0.6 is 11.8 Å². The van der Waals surface area contributed by atoms with Gasteiger partial charge in [0, 0.05) is 6.20 Å². The molecule has 5 nitrogen and oxygen atoms in total. The number of carbonyl (C=O) groups excluding carboxylic acids is 1. The first kappa shape index (κ1) is 17.3. The molecular formula is C12H13F3N2O3S. The maximum atomic E-state index is 12.3. The molecule has 1 aromatic heterocycles. The number of rotatable bonds is 6. The molecule has 0 aromatic carbocycles. The number of halogens is 3. The number of alkyl halides is 3. The third-order valence-electron chi connectivity index (χ3n) is 2.53. The molecule has 9 heteroatoms. The quantitative estimate of drug-likeness (QED) is 0.838. The summed E-state index contributed by atoms with van der Waals surface area (Å²) >= 11 is 1.42.